The second-order valence-electron chi connectivity index (χ2n) is 5.51. The number of nitrogens with two attached hydrogens (primary N) is 1. The molecule has 1 aromatic heterocycles. The van der Waals surface area contributed by atoms with E-state index in [0.717, 1.165) is 18.4 Å². The summed E-state index contributed by atoms with van der Waals surface area (Å²) in [6.45, 7) is -1.09. The molecule has 0 spiro atoms. The van der Waals surface area contributed by atoms with Crippen molar-refractivity contribution in [3.05, 3.63) is 11.1 Å². The van der Waals surface area contributed by atoms with Crippen molar-refractivity contribution in [2.24, 2.45) is 5.16 Å². The zero-order chi connectivity index (χ0) is 22.9. The molecule has 2 heterocycles. The van der Waals surface area contributed by atoms with Crippen LogP contribution in [0.15, 0.2) is 10.5 Å². The molecule has 1 fully saturated rings. The summed E-state index contributed by atoms with van der Waals surface area (Å²) in [7, 11) is -4.35. The molecule has 19 heteroatoms. The van der Waals surface area contributed by atoms with Gasteiger partial charge < -0.3 is 25.8 Å². The number of carbonyl (C=O) groups excluding carboxylic acids is 3. The molecule has 0 saturated carbocycles. The van der Waals surface area contributed by atoms with Gasteiger partial charge in [0.1, 0.15) is 18.8 Å². The van der Waals surface area contributed by atoms with Gasteiger partial charge in [0.15, 0.2) is 21.1 Å². The molecular weight excluding hydrogens is 484 g/mol. The zero-order valence-corrected chi connectivity index (χ0v) is 19.3. The van der Waals surface area contributed by atoms with Crippen molar-refractivity contribution in [1.82, 2.24) is 19.9 Å². The first-order chi connectivity index (χ1) is 13.8. The number of hydrogen-bond acceptors (Lipinski definition) is 11. The fourth-order valence-corrected chi connectivity index (χ4v) is 3.76. The Hall–Kier alpha value is -1.99. The number of amides is 3. The number of hydrogen-bond donors (Lipinski definition) is 3. The van der Waals surface area contributed by atoms with E-state index in [4.69, 9.17) is 5.73 Å². The maximum Gasteiger partial charge on any atom is 1.00 e. The largest absolute Gasteiger partial charge is 1.00 e. The van der Waals surface area contributed by atoms with Gasteiger partial charge in [-0.3, -0.25) is 14.4 Å². The van der Waals surface area contributed by atoms with Crippen LogP contribution in [-0.4, -0.2) is 77.6 Å². The van der Waals surface area contributed by atoms with Gasteiger partial charge in [0.2, 0.25) is 0 Å². The molecule has 0 bridgehead atoms. The van der Waals surface area contributed by atoms with Crippen molar-refractivity contribution in [1.29, 1.82) is 0 Å². The van der Waals surface area contributed by atoms with Crippen LogP contribution in [0.2, 0.25) is 0 Å². The SMILES string of the molecule is CON=C(C(=O)NC1C(=O)N(S(=O)(=O)[O-])C1CNC(=O)C(F)(F)F)c1csc(N)n1.[Na+]. The van der Waals surface area contributed by atoms with Crippen LogP contribution in [0.1, 0.15) is 5.69 Å². The van der Waals surface area contributed by atoms with Gasteiger partial charge in [0, 0.05) is 11.9 Å². The molecule has 3 amide bonds. The number of nitrogen functional groups attached to an aromatic ring is 1. The van der Waals surface area contributed by atoms with Gasteiger partial charge in [-0.05, 0) is 0 Å². The summed E-state index contributed by atoms with van der Waals surface area (Å²) >= 11 is 0.934. The second kappa shape index (κ2) is 10.1. The molecule has 13 nitrogen and oxygen atoms in total. The number of carbonyl (C=O) groups is 3. The standard InChI is InChI=1S/C12H13F3N6O7S2.Na/c1-28-20-6(4-3-29-11(16)18-4)8(22)19-7-5(2-17-10(24)12(13,14)15)21(9(7)23)30(25,26)27;/h3,5,7H,2H2,1H3,(H2,16,18)(H,17,24)(H,19,22)(H,25,26,27);/q;+1/p-1. The van der Waals surface area contributed by atoms with Crippen molar-refractivity contribution in [3.8, 4) is 0 Å². The molecule has 2 unspecified atom stereocenters. The van der Waals surface area contributed by atoms with Crippen LogP contribution >= 0.6 is 11.3 Å². The van der Waals surface area contributed by atoms with E-state index in [1.54, 1.807) is 0 Å². The van der Waals surface area contributed by atoms with Crippen LogP contribution in [0.5, 0.6) is 0 Å². The molecular formula is C12H12F3N6NaO7S2. The molecule has 2 rings (SSSR count). The minimum absolute atomic E-state index is 0. The summed E-state index contributed by atoms with van der Waals surface area (Å²) < 4.78 is 70.3. The van der Waals surface area contributed by atoms with Crippen molar-refractivity contribution >= 4 is 50.2 Å². The van der Waals surface area contributed by atoms with Crippen molar-refractivity contribution in [3.63, 3.8) is 0 Å². The smallest absolute Gasteiger partial charge is 0.731 e. The quantitative estimate of drug-likeness (QED) is 0.109. The number of thiazole rings is 1. The second-order valence-corrected chi connectivity index (χ2v) is 7.65. The summed E-state index contributed by atoms with van der Waals surface area (Å²) in [5.41, 5.74) is 4.89. The van der Waals surface area contributed by atoms with Gasteiger partial charge >= 0.3 is 41.6 Å². The Morgan fingerprint density at radius 3 is 2.52 bits per heavy atom. The summed E-state index contributed by atoms with van der Waals surface area (Å²) in [6.07, 6.45) is -5.30. The van der Waals surface area contributed by atoms with Crippen molar-refractivity contribution in [2.45, 2.75) is 18.3 Å². The summed E-state index contributed by atoms with van der Waals surface area (Å²) in [5, 5.41) is 8.14. The van der Waals surface area contributed by atoms with E-state index in [1.807, 2.05) is 5.32 Å². The average Bonchev–Trinajstić information content (AvgIpc) is 3.04. The average molecular weight is 496 g/mol. The minimum Gasteiger partial charge on any atom is -0.731 e. The van der Waals surface area contributed by atoms with Crippen LogP contribution in [0.25, 0.3) is 0 Å². The Morgan fingerprint density at radius 1 is 1.45 bits per heavy atom. The Kier molecular flexibility index (Phi) is 8.80. The fraction of sp³-hybridized carbons (Fsp3) is 0.417. The number of β-lactam (4-membered cyclic amide) rings is 1. The normalized spacial score (nSPS) is 19.2. The van der Waals surface area contributed by atoms with Gasteiger partial charge in [0.05, 0.1) is 6.04 Å². The topological polar surface area (TPSA) is 196 Å². The van der Waals surface area contributed by atoms with Gasteiger partial charge in [-0.25, -0.2) is 17.7 Å². The number of nitrogens with zero attached hydrogens (tertiary/aromatic N) is 3. The third kappa shape index (κ3) is 6.26. The van der Waals surface area contributed by atoms with E-state index in [9.17, 15) is 40.5 Å². The first-order valence-corrected chi connectivity index (χ1v) is 9.79. The maximum absolute atomic E-state index is 12.4. The van der Waals surface area contributed by atoms with E-state index in [0.29, 0.717) is 0 Å². The molecule has 2 atom stereocenters. The van der Waals surface area contributed by atoms with E-state index >= 15 is 0 Å². The number of rotatable bonds is 7. The first kappa shape index (κ1) is 27.0. The van der Waals surface area contributed by atoms with Crippen LogP contribution in [-0.2, 0) is 29.5 Å². The number of alkyl halides is 3. The molecule has 0 aliphatic carbocycles. The van der Waals surface area contributed by atoms with Crippen LogP contribution in [0.3, 0.4) is 0 Å². The third-order valence-electron chi connectivity index (χ3n) is 3.59. The number of nitrogens with one attached hydrogen (secondary N) is 2. The predicted molar refractivity (Wildman–Crippen MR) is 91.4 cm³/mol. The molecule has 0 aromatic carbocycles. The van der Waals surface area contributed by atoms with Crippen LogP contribution in [0.4, 0.5) is 18.3 Å². The molecule has 1 saturated heterocycles. The van der Waals surface area contributed by atoms with E-state index in [-0.39, 0.29) is 44.7 Å². The van der Waals surface area contributed by atoms with Crippen molar-refractivity contribution in [2.75, 3.05) is 19.4 Å². The first-order valence-electron chi connectivity index (χ1n) is 7.55. The van der Waals surface area contributed by atoms with Gasteiger partial charge in [-0.1, -0.05) is 5.16 Å². The summed E-state index contributed by atoms with van der Waals surface area (Å²) in [4.78, 5) is 43.7. The molecule has 31 heavy (non-hydrogen) atoms. The molecule has 1 aliphatic heterocycles. The Bertz CT molecular complexity index is 999. The fourth-order valence-electron chi connectivity index (χ4n) is 2.35. The molecule has 1 aromatic rings. The summed E-state index contributed by atoms with van der Waals surface area (Å²) in [6, 6.07) is -3.56. The van der Waals surface area contributed by atoms with Crippen LogP contribution in [0, 0.1) is 0 Å². The number of oxime groups is 1. The molecule has 0 radical (unpaired) electrons. The van der Waals surface area contributed by atoms with Crippen molar-refractivity contribution < 1.29 is 74.9 Å². The van der Waals surface area contributed by atoms with Gasteiger partial charge in [0.25, 0.3) is 11.8 Å². The van der Waals surface area contributed by atoms with E-state index in [1.165, 1.54) is 10.7 Å². The van der Waals surface area contributed by atoms with Gasteiger partial charge in [-0.2, -0.15) is 13.2 Å². The number of anilines is 1. The molecule has 1 aliphatic rings. The Balaban J connectivity index is 0.00000480. The van der Waals surface area contributed by atoms with Crippen LogP contribution < -0.4 is 45.9 Å². The Morgan fingerprint density at radius 2 is 2.06 bits per heavy atom. The number of halogens is 3. The molecule has 4 N–H and O–H groups in total. The zero-order valence-electron chi connectivity index (χ0n) is 15.7. The predicted octanol–water partition coefficient (Wildman–Crippen LogP) is -5.09. The van der Waals surface area contributed by atoms with E-state index in [2.05, 4.69) is 15.0 Å². The maximum atomic E-state index is 12.4. The third-order valence-corrected chi connectivity index (χ3v) is 5.19. The molecule has 166 valence electrons. The van der Waals surface area contributed by atoms with Gasteiger partial charge in [-0.15, -0.1) is 11.3 Å². The number of aromatic nitrogens is 1. The Labute approximate surface area is 198 Å². The minimum atomic E-state index is -5.43. The van der Waals surface area contributed by atoms with E-state index < -0.39 is 58.5 Å². The summed E-state index contributed by atoms with van der Waals surface area (Å²) in [5.74, 6) is -4.98. The monoisotopic (exact) mass is 496 g/mol.